The van der Waals surface area contributed by atoms with Crippen molar-refractivity contribution in [1.29, 1.82) is 0 Å². The SMILES string of the molecule is COc1ccc(Cl)cc1NC(=O)CSc1nnc(COc2ccc(F)cc2Cl)n1C. The predicted octanol–water partition coefficient (Wildman–Crippen LogP) is 4.58. The molecule has 0 saturated carbocycles. The second kappa shape index (κ2) is 10.0. The monoisotopic (exact) mass is 470 g/mol. The van der Waals surface area contributed by atoms with E-state index >= 15 is 0 Å². The summed E-state index contributed by atoms with van der Waals surface area (Å²) in [4.78, 5) is 12.3. The number of ether oxygens (including phenoxy) is 2. The Kier molecular flexibility index (Phi) is 7.41. The lowest BCUT2D eigenvalue weighted by molar-refractivity contribution is -0.113. The number of amides is 1. The number of anilines is 1. The molecular formula is C19H17Cl2FN4O3S. The maximum atomic E-state index is 13.1. The Labute approximate surface area is 186 Å². The summed E-state index contributed by atoms with van der Waals surface area (Å²) in [6.07, 6.45) is 0. The minimum atomic E-state index is -0.446. The highest BCUT2D eigenvalue weighted by Crippen LogP contribution is 2.28. The number of benzene rings is 2. The summed E-state index contributed by atoms with van der Waals surface area (Å²) in [6, 6.07) is 8.83. The first-order valence-electron chi connectivity index (χ1n) is 8.59. The summed E-state index contributed by atoms with van der Waals surface area (Å²) in [5.41, 5.74) is 0.485. The largest absolute Gasteiger partial charge is 0.495 e. The van der Waals surface area contributed by atoms with Gasteiger partial charge in [-0.25, -0.2) is 4.39 Å². The smallest absolute Gasteiger partial charge is 0.234 e. The summed E-state index contributed by atoms with van der Waals surface area (Å²) in [5.74, 6) is 0.778. The van der Waals surface area contributed by atoms with Gasteiger partial charge in [0.2, 0.25) is 5.91 Å². The van der Waals surface area contributed by atoms with Crippen LogP contribution in [0.3, 0.4) is 0 Å². The van der Waals surface area contributed by atoms with Crippen LogP contribution in [-0.2, 0) is 18.4 Å². The second-order valence-corrected chi connectivity index (χ2v) is 7.79. The van der Waals surface area contributed by atoms with Crippen molar-refractivity contribution in [3.63, 3.8) is 0 Å². The molecule has 1 amide bonds. The van der Waals surface area contributed by atoms with Crippen molar-refractivity contribution in [1.82, 2.24) is 14.8 Å². The molecule has 1 N–H and O–H groups in total. The van der Waals surface area contributed by atoms with Gasteiger partial charge in [-0.15, -0.1) is 10.2 Å². The van der Waals surface area contributed by atoms with Crippen LogP contribution in [0, 0.1) is 5.82 Å². The number of hydrogen-bond donors (Lipinski definition) is 1. The molecule has 0 spiro atoms. The number of hydrogen-bond acceptors (Lipinski definition) is 6. The zero-order chi connectivity index (χ0) is 21.7. The van der Waals surface area contributed by atoms with E-state index in [4.69, 9.17) is 32.7 Å². The number of rotatable bonds is 8. The first-order chi connectivity index (χ1) is 14.4. The Bertz CT molecular complexity index is 1060. The predicted molar refractivity (Wildman–Crippen MR) is 114 cm³/mol. The van der Waals surface area contributed by atoms with Gasteiger partial charge in [-0.3, -0.25) is 4.79 Å². The number of nitrogens with one attached hydrogen (secondary N) is 1. The summed E-state index contributed by atoms with van der Waals surface area (Å²) in [5, 5.41) is 12.1. The molecule has 0 aliphatic heterocycles. The molecule has 0 aliphatic rings. The quantitative estimate of drug-likeness (QED) is 0.485. The van der Waals surface area contributed by atoms with Gasteiger partial charge < -0.3 is 19.4 Å². The number of carbonyl (C=O) groups is 1. The molecule has 0 saturated heterocycles. The Balaban J connectivity index is 1.57. The Morgan fingerprint density at radius 3 is 2.70 bits per heavy atom. The van der Waals surface area contributed by atoms with E-state index < -0.39 is 5.82 Å². The second-order valence-electron chi connectivity index (χ2n) is 6.00. The minimum Gasteiger partial charge on any atom is -0.495 e. The molecule has 0 fully saturated rings. The lowest BCUT2D eigenvalue weighted by Gasteiger charge is -2.10. The molecule has 1 heterocycles. The Hall–Kier alpha value is -2.49. The van der Waals surface area contributed by atoms with Gasteiger partial charge in [0.05, 0.1) is 23.6 Å². The van der Waals surface area contributed by atoms with Crippen molar-refractivity contribution in [2.75, 3.05) is 18.2 Å². The van der Waals surface area contributed by atoms with Gasteiger partial charge in [-0.05, 0) is 36.4 Å². The van der Waals surface area contributed by atoms with Crippen molar-refractivity contribution in [3.8, 4) is 11.5 Å². The molecule has 158 valence electrons. The van der Waals surface area contributed by atoms with Gasteiger partial charge in [0.1, 0.15) is 23.9 Å². The maximum Gasteiger partial charge on any atom is 0.234 e. The summed E-state index contributed by atoms with van der Waals surface area (Å²) < 4.78 is 25.6. The molecule has 3 aromatic rings. The van der Waals surface area contributed by atoms with Gasteiger partial charge in [-0.1, -0.05) is 35.0 Å². The number of halogens is 3. The molecule has 2 aromatic carbocycles. The highest BCUT2D eigenvalue weighted by Gasteiger charge is 2.14. The molecule has 0 aliphatic carbocycles. The average molecular weight is 471 g/mol. The maximum absolute atomic E-state index is 13.1. The lowest BCUT2D eigenvalue weighted by atomic mass is 10.3. The molecule has 7 nitrogen and oxygen atoms in total. The fourth-order valence-electron chi connectivity index (χ4n) is 2.43. The van der Waals surface area contributed by atoms with Crippen molar-refractivity contribution in [2.45, 2.75) is 11.8 Å². The summed E-state index contributed by atoms with van der Waals surface area (Å²) in [7, 11) is 3.27. The molecule has 11 heteroatoms. The first-order valence-corrected chi connectivity index (χ1v) is 10.3. The van der Waals surface area contributed by atoms with Crippen LogP contribution in [0.2, 0.25) is 10.0 Å². The number of thioether (sulfide) groups is 1. The van der Waals surface area contributed by atoms with Crippen molar-refractivity contribution < 1.29 is 18.7 Å². The van der Waals surface area contributed by atoms with Crippen LogP contribution < -0.4 is 14.8 Å². The first kappa shape index (κ1) is 22.2. The van der Waals surface area contributed by atoms with E-state index in [9.17, 15) is 9.18 Å². The van der Waals surface area contributed by atoms with Crippen molar-refractivity contribution in [3.05, 3.63) is 58.1 Å². The van der Waals surface area contributed by atoms with E-state index in [0.717, 1.165) is 0 Å². The van der Waals surface area contributed by atoms with Crippen LogP contribution in [0.5, 0.6) is 11.5 Å². The van der Waals surface area contributed by atoms with E-state index in [1.807, 2.05) is 0 Å². The highest BCUT2D eigenvalue weighted by atomic mass is 35.5. The van der Waals surface area contributed by atoms with Crippen LogP contribution in [0.4, 0.5) is 10.1 Å². The third-order valence-corrected chi connectivity index (χ3v) is 5.49. The molecule has 0 atom stereocenters. The van der Waals surface area contributed by atoms with Crippen molar-refractivity contribution >= 4 is 46.6 Å². The Morgan fingerprint density at radius 1 is 1.20 bits per heavy atom. The standard InChI is InChI=1S/C19H17Cl2FN4O3S/c1-26-17(9-29-15-6-4-12(22)8-13(15)21)24-25-19(26)30-10-18(27)23-14-7-11(20)3-5-16(14)28-2/h3-8H,9-10H2,1-2H3,(H,23,27). The van der Waals surface area contributed by atoms with E-state index in [1.54, 1.807) is 29.8 Å². The van der Waals surface area contributed by atoms with Crippen LogP contribution in [0.1, 0.15) is 5.82 Å². The number of methoxy groups -OCH3 is 1. The molecule has 0 radical (unpaired) electrons. The molecule has 0 bridgehead atoms. The molecule has 0 unspecified atom stereocenters. The van der Waals surface area contributed by atoms with E-state index in [0.29, 0.717) is 33.2 Å². The van der Waals surface area contributed by atoms with E-state index in [1.165, 1.54) is 37.1 Å². The van der Waals surface area contributed by atoms with Gasteiger partial charge in [0.15, 0.2) is 11.0 Å². The van der Waals surface area contributed by atoms with Crippen LogP contribution in [0.15, 0.2) is 41.6 Å². The zero-order valence-electron chi connectivity index (χ0n) is 16.0. The fraction of sp³-hybridized carbons (Fsp3) is 0.211. The zero-order valence-corrected chi connectivity index (χ0v) is 18.3. The average Bonchev–Trinajstić information content (AvgIpc) is 3.05. The molecule has 1 aromatic heterocycles. The van der Waals surface area contributed by atoms with Gasteiger partial charge >= 0.3 is 0 Å². The molecular weight excluding hydrogens is 454 g/mol. The number of nitrogens with zero attached hydrogens (tertiary/aromatic N) is 3. The van der Waals surface area contributed by atoms with Gasteiger partial charge in [0.25, 0.3) is 0 Å². The fourth-order valence-corrected chi connectivity index (χ4v) is 3.55. The molecule has 30 heavy (non-hydrogen) atoms. The normalized spacial score (nSPS) is 10.7. The summed E-state index contributed by atoms with van der Waals surface area (Å²) in [6.45, 7) is 0.0846. The topological polar surface area (TPSA) is 78.3 Å². The van der Waals surface area contributed by atoms with Gasteiger partial charge in [0, 0.05) is 12.1 Å². The Morgan fingerprint density at radius 2 is 1.97 bits per heavy atom. The highest BCUT2D eigenvalue weighted by molar-refractivity contribution is 7.99. The van der Waals surface area contributed by atoms with Crippen molar-refractivity contribution in [2.24, 2.45) is 7.05 Å². The van der Waals surface area contributed by atoms with Gasteiger partial charge in [-0.2, -0.15) is 0 Å². The van der Waals surface area contributed by atoms with E-state index in [-0.39, 0.29) is 23.3 Å². The third kappa shape index (κ3) is 5.56. The minimum absolute atomic E-state index is 0.0846. The van der Waals surface area contributed by atoms with Crippen LogP contribution >= 0.6 is 35.0 Å². The number of aromatic nitrogens is 3. The number of carbonyl (C=O) groups excluding carboxylic acids is 1. The van der Waals surface area contributed by atoms with E-state index in [2.05, 4.69) is 15.5 Å². The lowest BCUT2D eigenvalue weighted by Crippen LogP contribution is -2.15. The summed E-state index contributed by atoms with van der Waals surface area (Å²) >= 11 is 13.1. The van der Waals surface area contributed by atoms with Crippen LogP contribution in [0.25, 0.3) is 0 Å². The third-order valence-electron chi connectivity index (χ3n) is 3.94. The van der Waals surface area contributed by atoms with Crippen LogP contribution in [-0.4, -0.2) is 33.5 Å². The molecule has 3 rings (SSSR count).